The Kier molecular flexibility index (Phi) is 4.14. The fraction of sp³-hybridized carbons (Fsp3) is 0. The van der Waals surface area contributed by atoms with E-state index < -0.39 is 5.82 Å². The molecule has 0 aliphatic carbocycles. The van der Waals surface area contributed by atoms with E-state index in [9.17, 15) is 4.39 Å². The molecule has 0 aliphatic heterocycles. The molecule has 0 atom stereocenters. The van der Waals surface area contributed by atoms with Crippen molar-refractivity contribution < 1.29 is 9.13 Å². The first-order valence-electron chi connectivity index (χ1n) is 4.85. The molecular weight excluding hydrogens is 388 g/mol. The van der Waals surface area contributed by atoms with E-state index in [2.05, 4.69) is 31.9 Å². The topological polar surface area (TPSA) is 35.2 Å². The first kappa shape index (κ1) is 13.6. The Bertz CT molecular complexity index is 607. The number of benzene rings is 2. The van der Waals surface area contributed by atoms with Crippen LogP contribution in [0.15, 0.2) is 39.3 Å². The molecule has 0 unspecified atom stereocenters. The van der Waals surface area contributed by atoms with Crippen molar-refractivity contribution in [3.63, 3.8) is 0 Å². The third kappa shape index (κ3) is 2.96. The van der Waals surface area contributed by atoms with Gasteiger partial charge in [-0.15, -0.1) is 0 Å². The zero-order chi connectivity index (χ0) is 13.3. The maximum absolute atomic E-state index is 13.2. The Morgan fingerprint density at radius 3 is 2.50 bits per heavy atom. The first-order valence-corrected chi connectivity index (χ1v) is 6.81. The van der Waals surface area contributed by atoms with Gasteiger partial charge < -0.3 is 10.5 Å². The maximum atomic E-state index is 13.2. The number of hydrogen-bond acceptors (Lipinski definition) is 2. The summed E-state index contributed by atoms with van der Waals surface area (Å²) in [5, 5.41) is 0.434. The van der Waals surface area contributed by atoms with Gasteiger partial charge in [-0.25, -0.2) is 4.39 Å². The number of nitrogens with two attached hydrogens (primary N) is 1. The van der Waals surface area contributed by atoms with Gasteiger partial charge in [-0.1, -0.05) is 27.5 Å². The first-order chi connectivity index (χ1) is 8.47. The van der Waals surface area contributed by atoms with Crippen molar-refractivity contribution >= 4 is 49.1 Å². The predicted molar refractivity (Wildman–Crippen MR) is 77.7 cm³/mol. The molecule has 0 fully saturated rings. The molecule has 2 rings (SSSR count). The van der Waals surface area contributed by atoms with Crippen LogP contribution in [0.2, 0.25) is 5.02 Å². The van der Waals surface area contributed by atoms with Crippen LogP contribution < -0.4 is 10.5 Å². The lowest BCUT2D eigenvalue weighted by Crippen LogP contribution is -1.94. The fourth-order valence-corrected chi connectivity index (χ4v) is 2.34. The zero-order valence-corrected chi connectivity index (χ0v) is 12.8. The summed E-state index contributed by atoms with van der Waals surface area (Å²) in [6, 6.07) is 7.83. The summed E-state index contributed by atoms with van der Waals surface area (Å²) in [5.74, 6) is 0.347. The lowest BCUT2D eigenvalue weighted by molar-refractivity contribution is 0.482. The monoisotopic (exact) mass is 393 g/mol. The zero-order valence-electron chi connectivity index (χ0n) is 8.88. The van der Waals surface area contributed by atoms with Crippen LogP contribution in [0.3, 0.4) is 0 Å². The van der Waals surface area contributed by atoms with Crippen molar-refractivity contribution in [1.82, 2.24) is 0 Å². The van der Waals surface area contributed by atoms with E-state index in [1.807, 2.05) is 0 Å². The van der Waals surface area contributed by atoms with Gasteiger partial charge in [0.05, 0.1) is 15.2 Å². The van der Waals surface area contributed by atoms with E-state index in [0.29, 0.717) is 16.5 Å². The Morgan fingerprint density at radius 1 is 1.11 bits per heavy atom. The molecule has 6 heteroatoms. The minimum absolute atomic E-state index is 0.203. The quantitative estimate of drug-likeness (QED) is 0.693. The number of nitrogen functional groups attached to an aromatic ring is 1. The number of hydrogen-bond donors (Lipinski definition) is 1. The van der Waals surface area contributed by atoms with Gasteiger partial charge in [-0.2, -0.15) is 0 Å². The van der Waals surface area contributed by atoms with Crippen LogP contribution in [0.25, 0.3) is 0 Å². The molecule has 0 aliphatic rings. The average molecular weight is 395 g/mol. The molecular formula is C12H7Br2ClFNO. The van der Waals surface area contributed by atoms with Gasteiger partial charge in [-0.3, -0.25) is 0 Å². The average Bonchev–Trinajstić information content (AvgIpc) is 2.29. The van der Waals surface area contributed by atoms with Gasteiger partial charge >= 0.3 is 0 Å². The SMILES string of the molecule is Nc1cc(F)c(Br)cc1Oc1ccc(Br)cc1Cl. The van der Waals surface area contributed by atoms with Gasteiger partial charge in [0, 0.05) is 16.6 Å². The van der Waals surface area contributed by atoms with Gasteiger partial charge in [0.15, 0.2) is 5.75 Å². The second kappa shape index (κ2) is 5.47. The molecule has 0 saturated carbocycles. The van der Waals surface area contributed by atoms with Crippen molar-refractivity contribution in [3.8, 4) is 11.5 Å². The van der Waals surface area contributed by atoms with Crippen molar-refractivity contribution in [2.75, 3.05) is 5.73 Å². The Hall–Kier alpha value is -0.780. The van der Waals surface area contributed by atoms with Gasteiger partial charge in [0.1, 0.15) is 11.6 Å². The van der Waals surface area contributed by atoms with Crippen LogP contribution in [-0.4, -0.2) is 0 Å². The molecule has 0 heterocycles. The Balaban J connectivity index is 2.37. The number of rotatable bonds is 2. The van der Waals surface area contributed by atoms with Crippen molar-refractivity contribution in [3.05, 3.63) is 50.1 Å². The van der Waals surface area contributed by atoms with Crippen LogP contribution in [0, 0.1) is 5.82 Å². The Labute approximate surface area is 125 Å². The van der Waals surface area contributed by atoms with E-state index in [4.69, 9.17) is 22.1 Å². The summed E-state index contributed by atoms with van der Waals surface area (Å²) in [6.45, 7) is 0. The molecule has 2 aromatic rings. The minimum Gasteiger partial charge on any atom is -0.454 e. The number of halogens is 4. The molecule has 0 amide bonds. The van der Waals surface area contributed by atoms with Gasteiger partial charge in [0.2, 0.25) is 0 Å². The lowest BCUT2D eigenvalue weighted by Gasteiger charge is -2.11. The highest BCUT2D eigenvalue weighted by Gasteiger charge is 2.10. The molecule has 18 heavy (non-hydrogen) atoms. The second-order valence-corrected chi connectivity index (χ2v) is 5.66. The Morgan fingerprint density at radius 2 is 1.83 bits per heavy atom. The van der Waals surface area contributed by atoms with E-state index in [1.165, 1.54) is 12.1 Å². The molecule has 2 aromatic carbocycles. The third-order valence-corrected chi connectivity index (χ3v) is 3.56. The van der Waals surface area contributed by atoms with Crippen LogP contribution in [0.5, 0.6) is 11.5 Å². The molecule has 0 bridgehead atoms. The molecule has 0 aromatic heterocycles. The summed E-state index contributed by atoms with van der Waals surface area (Å²) in [5.41, 5.74) is 5.88. The van der Waals surface area contributed by atoms with Gasteiger partial charge in [-0.05, 0) is 34.1 Å². The van der Waals surface area contributed by atoms with Crippen molar-refractivity contribution in [2.24, 2.45) is 0 Å². The summed E-state index contributed by atoms with van der Waals surface area (Å²) in [7, 11) is 0. The van der Waals surface area contributed by atoms with Crippen molar-refractivity contribution in [1.29, 1.82) is 0 Å². The summed E-state index contributed by atoms with van der Waals surface area (Å²) < 4.78 is 19.9. The lowest BCUT2D eigenvalue weighted by atomic mass is 10.3. The summed E-state index contributed by atoms with van der Waals surface area (Å²) >= 11 is 12.4. The highest BCUT2D eigenvalue weighted by Crippen LogP contribution is 2.36. The standard InChI is InChI=1S/C12H7Br2ClFNO/c13-6-1-2-11(8(15)3-6)18-12-4-7(14)9(16)5-10(12)17/h1-5H,17H2. The molecule has 2 N–H and O–H groups in total. The van der Waals surface area contributed by atoms with Crippen molar-refractivity contribution in [2.45, 2.75) is 0 Å². The van der Waals surface area contributed by atoms with E-state index in [-0.39, 0.29) is 10.2 Å². The summed E-state index contributed by atoms with van der Waals surface area (Å²) in [4.78, 5) is 0. The molecule has 0 saturated heterocycles. The molecule has 0 spiro atoms. The van der Waals surface area contributed by atoms with Crippen LogP contribution in [-0.2, 0) is 0 Å². The number of anilines is 1. The highest BCUT2D eigenvalue weighted by atomic mass is 79.9. The minimum atomic E-state index is -0.443. The largest absolute Gasteiger partial charge is 0.454 e. The van der Waals surface area contributed by atoms with Crippen LogP contribution >= 0.6 is 43.5 Å². The molecule has 2 nitrogen and oxygen atoms in total. The smallest absolute Gasteiger partial charge is 0.151 e. The second-order valence-electron chi connectivity index (χ2n) is 3.48. The molecule has 94 valence electrons. The van der Waals surface area contributed by atoms with Crippen LogP contribution in [0.1, 0.15) is 0 Å². The normalized spacial score (nSPS) is 10.4. The molecule has 0 radical (unpaired) electrons. The highest BCUT2D eigenvalue weighted by molar-refractivity contribution is 9.10. The maximum Gasteiger partial charge on any atom is 0.151 e. The fourth-order valence-electron chi connectivity index (χ4n) is 1.31. The van der Waals surface area contributed by atoms with E-state index in [0.717, 1.165) is 4.47 Å². The predicted octanol–water partition coefficient (Wildman–Crippen LogP) is 5.38. The third-order valence-electron chi connectivity index (χ3n) is 2.17. The van der Waals surface area contributed by atoms with E-state index in [1.54, 1.807) is 18.2 Å². The van der Waals surface area contributed by atoms with Crippen LogP contribution in [0.4, 0.5) is 10.1 Å². The summed E-state index contributed by atoms with van der Waals surface area (Å²) in [6.07, 6.45) is 0. The van der Waals surface area contributed by atoms with Gasteiger partial charge in [0.25, 0.3) is 0 Å². The van der Waals surface area contributed by atoms with E-state index >= 15 is 0 Å². The number of ether oxygens (including phenoxy) is 1.